The first-order chi connectivity index (χ1) is 30.2. The van der Waals surface area contributed by atoms with E-state index in [1.165, 1.54) is 31.7 Å². The van der Waals surface area contributed by atoms with E-state index in [1.54, 1.807) is 78.9 Å². The van der Waals surface area contributed by atoms with Gasteiger partial charge in [0.05, 0.1) is 57.1 Å². The molecular weight excluding hydrogens is 797 g/mol. The number of hydrogen-bond acceptors (Lipinski definition) is 14. The van der Waals surface area contributed by atoms with Gasteiger partial charge in [-0.25, -0.2) is 24.0 Å². The zero-order chi connectivity index (χ0) is 44.4. The van der Waals surface area contributed by atoms with E-state index < -0.39 is 29.8 Å². The number of rotatable bonds is 26. The monoisotopic (exact) mass is 846 g/mol. The lowest BCUT2D eigenvalue weighted by Crippen LogP contribution is -2.12. The summed E-state index contributed by atoms with van der Waals surface area (Å²) in [4.78, 5) is 60.4. The van der Waals surface area contributed by atoms with Gasteiger partial charge in [-0.1, -0.05) is 13.2 Å². The normalized spacial score (nSPS) is 10.8. The topological polar surface area (TPSA) is 175 Å². The molecule has 4 rings (SSSR count). The molecule has 0 spiro atoms. The Morgan fingerprint density at radius 2 is 0.935 bits per heavy atom. The van der Waals surface area contributed by atoms with Crippen molar-refractivity contribution < 1.29 is 57.1 Å². The summed E-state index contributed by atoms with van der Waals surface area (Å²) in [5.74, 6) is -1.14. The van der Waals surface area contributed by atoms with Crippen LogP contribution >= 0.6 is 0 Å². The molecule has 0 fully saturated rings. The Balaban J connectivity index is 1.19. The highest BCUT2D eigenvalue weighted by Crippen LogP contribution is 2.23. The second-order valence-electron chi connectivity index (χ2n) is 13.4. The lowest BCUT2D eigenvalue weighted by atomic mass is 10.1. The summed E-state index contributed by atoms with van der Waals surface area (Å²) < 4.78 is 37.4. The summed E-state index contributed by atoms with van der Waals surface area (Å²) >= 11 is 0. The number of methoxy groups -OCH3 is 1. The fourth-order valence-corrected chi connectivity index (χ4v) is 5.47. The molecule has 0 amide bonds. The summed E-state index contributed by atoms with van der Waals surface area (Å²) in [6.07, 6.45) is 12.1. The van der Waals surface area contributed by atoms with Crippen LogP contribution in [0.25, 0.3) is 0 Å². The summed E-state index contributed by atoms with van der Waals surface area (Å²) in [6.45, 7) is 8.48. The van der Waals surface area contributed by atoms with Gasteiger partial charge in [0.2, 0.25) is 0 Å². The quantitative estimate of drug-likeness (QED) is 0.0112. The van der Waals surface area contributed by atoms with Crippen LogP contribution in [-0.2, 0) is 23.8 Å². The molecule has 14 nitrogen and oxygen atoms in total. The van der Waals surface area contributed by atoms with Gasteiger partial charge in [0.25, 0.3) is 0 Å². The van der Waals surface area contributed by atoms with Crippen molar-refractivity contribution in [3.63, 3.8) is 0 Å². The van der Waals surface area contributed by atoms with Crippen LogP contribution in [0, 0.1) is 0 Å². The van der Waals surface area contributed by atoms with Crippen LogP contribution in [0.2, 0.25) is 0 Å². The van der Waals surface area contributed by atoms with Crippen LogP contribution in [0.1, 0.15) is 93.6 Å². The van der Waals surface area contributed by atoms with Crippen LogP contribution in [0.4, 0.5) is 0 Å². The van der Waals surface area contributed by atoms with E-state index in [1.807, 2.05) is 0 Å². The molecule has 4 aromatic carbocycles. The van der Waals surface area contributed by atoms with Gasteiger partial charge in [-0.15, -0.1) is 0 Å². The van der Waals surface area contributed by atoms with Crippen molar-refractivity contribution in [2.24, 2.45) is 10.2 Å². The van der Waals surface area contributed by atoms with E-state index in [9.17, 15) is 24.0 Å². The van der Waals surface area contributed by atoms with E-state index in [4.69, 9.17) is 33.2 Å². The Bertz CT molecular complexity index is 2160. The zero-order valence-electron chi connectivity index (χ0n) is 34.7. The summed E-state index contributed by atoms with van der Waals surface area (Å²) in [6, 6.07) is 24.4. The standard InChI is InChI=1S/C48H50N2O12/c1-4-44(51)59-30-12-8-6-10-28-57-39-23-17-37(18-24-39)46(53)61-41-21-14-35(15-22-41)33-49-50-34-36-16-27-43(42(32-36)48(55)56-3)62-47(54)38-19-25-40(26-20-38)58-29-11-7-9-13-31-60-45(52)5-2/h4-5,14-27,32-34H,1-2,6-13,28-31H2,3H3. The van der Waals surface area contributed by atoms with Crippen molar-refractivity contribution in [2.75, 3.05) is 33.5 Å². The minimum atomic E-state index is -0.707. The van der Waals surface area contributed by atoms with Crippen LogP contribution in [-0.4, -0.2) is 75.8 Å². The number of ether oxygens (including phenoxy) is 7. The molecule has 4 aromatic rings. The molecule has 0 bridgehead atoms. The Labute approximate surface area is 360 Å². The van der Waals surface area contributed by atoms with E-state index in [-0.39, 0.29) is 16.9 Å². The van der Waals surface area contributed by atoms with E-state index in [0.29, 0.717) is 60.4 Å². The maximum atomic E-state index is 13.0. The van der Waals surface area contributed by atoms with Gasteiger partial charge in [-0.3, -0.25) is 0 Å². The lowest BCUT2D eigenvalue weighted by molar-refractivity contribution is -0.138. The predicted octanol–water partition coefficient (Wildman–Crippen LogP) is 8.70. The molecule has 0 N–H and O–H groups in total. The number of nitrogens with zero attached hydrogens (tertiary/aromatic N) is 2. The second-order valence-corrected chi connectivity index (χ2v) is 13.4. The smallest absolute Gasteiger partial charge is 0.343 e. The van der Waals surface area contributed by atoms with Gasteiger partial charge < -0.3 is 33.2 Å². The first-order valence-corrected chi connectivity index (χ1v) is 20.1. The molecule has 0 saturated heterocycles. The summed E-state index contributed by atoms with van der Waals surface area (Å²) in [5, 5.41) is 8.14. The Kier molecular flexibility index (Phi) is 20.4. The molecule has 62 heavy (non-hydrogen) atoms. The van der Waals surface area contributed by atoms with Crippen LogP contribution in [0.5, 0.6) is 23.0 Å². The molecule has 0 heterocycles. The number of carbonyl (C=O) groups is 5. The van der Waals surface area contributed by atoms with Crippen LogP contribution < -0.4 is 18.9 Å². The van der Waals surface area contributed by atoms with Gasteiger partial charge in [-0.2, -0.15) is 10.2 Å². The third-order valence-corrected chi connectivity index (χ3v) is 8.80. The van der Waals surface area contributed by atoms with Gasteiger partial charge in [0, 0.05) is 12.2 Å². The molecule has 0 aliphatic carbocycles. The van der Waals surface area contributed by atoms with Gasteiger partial charge in [-0.05, 0) is 153 Å². The number of benzene rings is 4. The molecule has 0 aromatic heterocycles. The molecule has 14 heteroatoms. The fraction of sp³-hybridized carbons (Fsp3) is 0.271. The van der Waals surface area contributed by atoms with Crippen LogP contribution in [0.15, 0.2) is 127 Å². The van der Waals surface area contributed by atoms with Crippen molar-refractivity contribution in [3.8, 4) is 23.0 Å². The maximum Gasteiger partial charge on any atom is 0.343 e. The fourth-order valence-electron chi connectivity index (χ4n) is 5.47. The van der Waals surface area contributed by atoms with E-state index >= 15 is 0 Å². The number of unbranched alkanes of at least 4 members (excludes halogenated alkanes) is 6. The van der Waals surface area contributed by atoms with E-state index in [2.05, 4.69) is 23.4 Å². The molecule has 0 saturated carbocycles. The first kappa shape index (κ1) is 47.3. The highest BCUT2D eigenvalue weighted by Gasteiger charge is 2.18. The molecule has 0 unspecified atom stereocenters. The third-order valence-electron chi connectivity index (χ3n) is 8.80. The van der Waals surface area contributed by atoms with Gasteiger partial charge in [0.15, 0.2) is 0 Å². The zero-order valence-corrected chi connectivity index (χ0v) is 34.7. The van der Waals surface area contributed by atoms with E-state index in [0.717, 1.165) is 63.5 Å². The largest absolute Gasteiger partial charge is 0.494 e. The summed E-state index contributed by atoms with van der Waals surface area (Å²) in [5.41, 5.74) is 1.83. The molecule has 0 atom stereocenters. The third kappa shape index (κ3) is 17.1. The number of esters is 5. The van der Waals surface area contributed by atoms with Crippen molar-refractivity contribution >= 4 is 42.3 Å². The molecule has 0 radical (unpaired) electrons. The highest BCUT2D eigenvalue weighted by atomic mass is 16.6. The van der Waals surface area contributed by atoms with Crippen LogP contribution in [0.3, 0.4) is 0 Å². The molecule has 0 aliphatic rings. The van der Waals surface area contributed by atoms with Crippen molar-refractivity contribution in [3.05, 3.63) is 144 Å². The molecule has 324 valence electrons. The lowest BCUT2D eigenvalue weighted by Gasteiger charge is -2.10. The first-order valence-electron chi connectivity index (χ1n) is 20.1. The average molecular weight is 847 g/mol. The van der Waals surface area contributed by atoms with Crippen molar-refractivity contribution in [1.82, 2.24) is 0 Å². The van der Waals surface area contributed by atoms with Crippen molar-refractivity contribution in [1.29, 1.82) is 0 Å². The Morgan fingerprint density at radius 3 is 1.42 bits per heavy atom. The predicted molar refractivity (Wildman–Crippen MR) is 232 cm³/mol. The van der Waals surface area contributed by atoms with Gasteiger partial charge >= 0.3 is 29.8 Å². The summed E-state index contributed by atoms with van der Waals surface area (Å²) in [7, 11) is 1.22. The highest BCUT2D eigenvalue weighted by molar-refractivity contribution is 5.98. The SMILES string of the molecule is C=CC(=O)OCCCCCCOc1ccc(C(=O)Oc2ccc(C=NN=Cc3ccc(OC(=O)c4ccc(OCCCCCCOC(=O)C=C)cc4)c(C(=O)OC)c3)cc2)cc1. The molecular formula is C48H50N2O12. The Hall–Kier alpha value is -7.35. The second kappa shape index (κ2) is 26.7. The molecule has 0 aliphatic heterocycles. The number of carbonyl (C=O) groups excluding carboxylic acids is 5. The minimum absolute atomic E-state index is 0.00971. The van der Waals surface area contributed by atoms with Crippen molar-refractivity contribution in [2.45, 2.75) is 51.4 Å². The van der Waals surface area contributed by atoms with Gasteiger partial charge in [0.1, 0.15) is 28.6 Å². The minimum Gasteiger partial charge on any atom is -0.494 e. The average Bonchev–Trinajstić information content (AvgIpc) is 3.30. The number of hydrogen-bond donors (Lipinski definition) is 0. The Morgan fingerprint density at radius 1 is 0.500 bits per heavy atom. The maximum absolute atomic E-state index is 13.0.